The average Bonchev–Trinajstić information content (AvgIpc) is 2.82. The second kappa shape index (κ2) is 6.89. The zero-order chi connectivity index (χ0) is 16.4. The lowest BCUT2D eigenvalue weighted by molar-refractivity contribution is -0.138. The van der Waals surface area contributed by atoms with Crippen molar-refractivity contribution in [3.63, 3.8) is 0 Å². The largest absolute Gasteiger partial charge is 0.494 e. The monoisotopic (exact) mass is 318 g/mol. The fraction of sp³-hybridized carbons (Fsp3) is 0.611. The number of hydrogen-bond acceptors (Lipinski definition) is 4. The molecular formula is C18H26N2O3. The van der Waals surface area contributed by atoms with E-state index in [-0.39, 0.29) is 12.5 Å². The number of likely N-dealkylation sites (N-methyl/N-ethyl adjacent to an activating group) is 1. The highest BCUT2D eigenvalue weighted by atomic mass is 16.5. The van der Waals surface area contributed by atoms with E-state index in [1.54, 1.807) is 0 Å². The van der Waals surface area contributed by atoms with E-state index in [1.165, 1.54) is 0 Å². The van der Waals surface area contributed by atoms with Crippen LogP contribution in [0.3, 0.4) is 0 Å². The van der Waals surface area contributed by atoms with Crippen molar-refractivity contribution in [1.82, 2.24) is 9.80 Å². The smallest absolute Gasteiger partial charge is 0.227 e. The molecule has 0 saturated carbocycles. The van der Waals surface area contributed by atoms with E-state index in [0.717, 1.165) is 49.4 Å². The molecule has 126 valence electrons. The van der Waals surface area contributed by atoms with Gasteiger partial charge in [0.2, 0.25) is 5.91 Å². The van der Waals surface area contributed by atoms with Crippen LogP contribution in [0.1, 0.15) is 30.9 Å². The van der Waals surface area contributed by atoms with Gasteiger partial charge in [0.25, 0.3) is 0 Å². The van der Waals surface area contributed by atoms with Crippen LogP contribution in [0.4, 0.5) is 0 Å². The van der Waals surface area contributed by atoms with Crippen LogP contribution in [0.25, 0.3) is 0 Å². The van der Waals surface area contributed by atoms with Gasteiger partial charge in [0.15, 0.2) is 0 Å². The third-order valence-corrected chi connectivity index (χ3v) is 5.04. The summed E-state index contributed by atoms with van der Waals surface area (Å²) in [4.78, 5) is 16.6. The van der Waals surface area contributed by atoms with Crippen molar-refractivity contribution in [2.45, 2.75) is 39.0 Å². The van der Waals surface area contributed by atoms with E-state index < -0.39 is 0 Å². The molecule has 0 spiro atoms. The number of aliphatic hydroxyl groups excluding tert-OH is 1. The number of amides is 1. The van der Waals surface area contributed by atoms with Gasteiger partial charge in [-0.3, -0.25) is 9.69 Å². The molecule has 0 radical (unpaired) electrons. The molecule has 23 heavy (non-hydrogen) atoms. The van der Waals surface area contributed by atoms with Crippen molar-refractivity contribution in [3.05, 3.63) is 29.3 Å². The molecule has 1 aromatic rings. The second-order valence-corrected chi connectivity index (χ2v) is 6.60. The molecule has 5 heteroatoms. The molecule has 3 saturated heterocycles. The van der Waals surface area contributed by atoms with Crippen LogP contribution in [-0.4, -0.2) is 53.6 Å². The number of benzene rings is 1. The van der Waals surface area contributed by atoms with Crippen LogP contribution in [-0.2, 0) is 17.9 Å². The first-order valence-electron chi connectivity index (χ1n) is 8.46. The second-order valence-electron chi connectivity index (χ2n) is 6.60. The third kappa shape index (κ3) is 3.35. The Labute approximate surface area is 137 Å². The number of hydrogen-bond donors (Lipinski definition) is 1. The zero-order valence-electron chi connectivity index (χ0n) is 14.0. The summed E-state index contributed by atoms with van der Waals surface area (Å²) < 4.78 is 5.54. The fourth-order valence-corrected chi connectivity index (χ4v) is 3.78. The Morgan fingerprint density at radius 1 is 1.30 bits per heavy atom. The number of carbonyl (C=O) groups excluding carboxylic acids is 1. The van der Waals surface area contributed by atoms with E-state index >= 15 is 0 Å². The van der Waals surface area contributed by atoms with Crippen molar-refractivity contribution >= 4 is 5.91 Å². The van der Waals surface area contributed by atoms with Gasteiger partial charge < -0.3 is 14.7 Å². The summed E-state index contributed by atoms with van der Waals surface area (Å²) >= 11 is 0. The molecule has 3 aliphatic rings. The standard InChI is InChI=1S/C18H26N2O3/c1-3-23-17-7-4-13(8-15(17)12-21)9-20-10-14-5-6-16(11-20)19(2)18(14)22/h4,7-8,14,16,21H,3,5-6,9-12H2,1-2H3/t14-,16+/m0/s1. The SMILES string of the molecule is CCOc1ccc(CN2C[C@@H]3CC[C@H](C2)N(C)C3=O)cc1CO. The highest BCUT2D eigenvalue weighted by Crippen LogP contribution is 2.29. The molecule has 1 aromatic carbocycles. The van der Waals surface area contributed by atoms with Crippen molar-refractivity contribution in [2.24, 2.45) is 5.92 Å². The number of piperidine rings is 1. The van der Waals surface area contributed by atoms with E-state index in [4.69, 9.17) is 4.74 Å². The number of carbonyl (C=O) groups is 1. The Morgan fingerprint density at radius 3 is 2.87 bits per heavy atom. The lowest BCUT2D eigenvalue weighted by Gasteiger charge is -2.32. The van der Waals surface area contributed by atoms with Crippen molar-refractivity contribution in [1.29, 1.82) is 0 Å². The Hall–Kier alpha value is -1.59. The van der Waals surface area contributed by atoms with E-state index in [9.17, 15) is 9.90 Å². The van der Waals surface area contributed by atoms with Crippen LogP contribution < -0.4 is 4.74 Å². The summed E-state index contributed by atoms with van der Waals surface area (Å²) in [6.07, 6.45) is 2.12. The molecule has 2 atom stereocenters. The van der Waals surface area contributed by atoms with Gasteiger partial charge in [0.1, 0.15) is 5.75 Å². The van der Waals surface area contributed by atoms with E-state index in [2.05, 4.69) is 11.0 Å². The zero-order valence-corrected chi connectivity index (χ0v) is 14.0. The minimum Gasteiger partial charge on any atom is -0.494 e. The number of ether oxygens (including phenoxy) is 1. The van der Waals surface area contributed by atoms with Gasteiger partial charge >= 0.3 is 0 Å². The van der Waals surface area contributed by atoms with Gasteiger partial charge in [-0.25, -0.2) is 0 Å². The molecule has 3 aliphatic heterocycles. The molecule has 1 N–H and O–H groups in total. The number of fused-ring (bicyclic) bond motifs is 4. The average molecular weight is 318 g/mol. The summed E-state index contributed by atoms with van der Waals surface area (Å²) in [6.45, 7) is 5.09. The first-order chi connectivity index (χ1) is 11.1. The maximum absolute atomic E-state index is 12.3. The number of rotatable bonds is 5. The minimum absolute atomic E-state index is 0.0182. The van der Waals surface area contributed by atoms with E-state index in [0.29, 0.717) is 18.6 Å². The predicted octanol–water partition coefficient (Wildman–Crippen LogP) is 1.63. The van der Waals surface area contributed by atoms with Crippen LogP contribution in [0.5, 0.6) is 5.75 Å². The highest BCUT2D eigenvalue weighted by molar-refractivity contribution is 5.80. The summed E-state index contributed by atoms with van der Waals surface area (Å²) in [7, 11) is 1.93. The van der Waals surface area contributed by atoms with Crippen molar-refractivity contribution in [2.75, 3.05) is 26.7 Å². The molecule has 3 fully saturated rings. The van der Waals surface area contributed by atoms with E-state index in [1.807, 2.05) is 31.0 Å². The Balaban J connectivity index is 1.73. The molecule has 0 unspecified atom stereocenters. The number of aliphatic hydroxyl groups is 1. The lowest BCUT2D eigenvalue weighted by Crippen LogP contribution is -2.45. The molecule has 1 amide bonds. The van der Waals surface area contributed by atoms with Crippen LogP contribution in [0.2, 0.25) is 0 Å². The van der Waals surface area contributed by atoms with Gasteiger partial charge in [-0.1, -0.05) is 6.07 Å². The van der Waals surface area contributed by atoms with Gasteiger partial charge in [-0.05, 0) is 37.5 Å². The Bertz CT molecular complexity index is 575. The lowest BCUT2D eigenvalue weighted by atomic mass is 9.95. The predicted molar refractivity (Wildman–Crippen MR) is 88.1 cm³/mol. The van der Waals surface area contributed by atoms with Gasteiger partial charge in [-0.2, -0.15) is 0 Å². The molecule has 4 rings (SSSR count). The maximum atomic E-state index is 12.3. The first kappa shape index (κ1) is 16.3. The van der Waals surface area contributed by atoms with Gasteiger partial charge in [0.05, 0.1) is 19.1 Å². The summed E-state index contributed by atoms with van der Waals surface area (Å²) in [5.41, 5.74) is 1.99. The quantitative estimate of drug-likeness (QED) is 0.896. The molecule has 0 aromatic heterocycles. The molecule has 5 nitrogen and oxygen atoms in total. The topological polar surface area (TPSA) is 53.0 Å². The minimum atomic E-state index is -0.0182. The van der Waals surface area contributed by atoms with Crippen LogP contribution >= 0.6 is 0 Å². The summed E-state index contributed by atoms with van der Waals surface area (Å²) in [5.74, 6) is 1.19. The summed E-state index contributed by atoms with van der Waals surface area (Å²) in [5, 5.41) is 9.54. The van der Waals surface area contributed by atoms with Crippen LogP contribution in [0.15, 0.2) is 18.2 Å². The number of nitrogens with zero attached hydrogens (tertiary/aromatic N) is 2. The normalized spacial score (nSPS) is 24.8. The van der Waals surface area contributed by atoms with Crippen molar-refractivity contribution < 1.29 is 14.6 Å². The third-order valence-electron chi connectivity index (χ3n) is 5.04. The van der Waals surface area contributed by atoms with Gasteiger partial charge in [-0.15, -0.1) is 0 Å². The highest BCUT2D eigenvalue weighted by Gasteiger charge is 2.38. The Kier molecular flexibility index (Phi) is 4.87. The maximum Gasteiger partial charge on any atom is 0.227 e. The summed E-state index contributed by atoms with van der Waals surface area (Å²) in [6, 6.07) is 6.35. The molecule has 3 heterocycles. The first-order valence-corrected chi connectivity index (χ1v) is 8.46. The van der Waals surface area contributed by atoms with Crippen LogP contribution in [0, 0.1) is 5.92 Å². The molecule has 0 aliphatic carbocycles. The molecular weight excluding hydrogens is 292 g/mol. The van der Waals surface area contributed by atoms with Gasteiger partial charge in [0, 0.05) is 38.3 Å². The van der Waals surface area contributed by atoms with Crippen molar-refractivity contribution in [3.8, 4) is 5.75 Å². The fourth-order valence-electron chi connectivity index (χ4n) is 3.78. The molecule has 2 bridgehead atoms. The Morgan fingerprint density at radius 2 is 2.13 bits per heavy atom.